The number of benzene rings is 1. The van der Waals surface area contributed by atoms with Gasteiger partial charge in [-0.2, -0.15) is 4.31 Å². The molecule has 1 aliphatic rings. The standard InChI is InChI=1S/C25H44N2O3S/c1-4-5-11-20-26(2)21-12-6-7-13-22-30-24-18-16-23(17-19-24)27(3)31(28,29)25-14-9-8-10-15-25/h8-10,14-15,23-24H,4-7,11-13,16-22H2,1-3H3. The maximum atomic E-state index is 12.8. The van der Waals surface area contributed by atoms with Crippen molar-refractivity contribution in [3.05, 3.63) is 30.3 Å². The molecule has 0 amide bonds. The number of hydrogen-bond donors (Lipinski definition) is 0. The molecule has 0 radical (unpaired) electrons. The van der Waals surface area contributed by atoms with E-state index in [2.05, 4.69) is 18.9 Å². The number of nitrogens with zero attached hydrogens (tertiary/aromatic N) is 2. The van der Waals surface area contributed by atoms with Gasteiger partial charge in [0.25, 0.3) is 0 Å². The Morgan fingerprint density at radius 1 is 0.871 bits per heavy atom. The van der Waals surface area contributed by atoms with Gasteiger partial charge < -0.3 is 9.64 Å². The highest BCUT2D eigenvalue weighted by Gasteiger charge is 2.31. The molecule has 1 fully saturated rings. The monoisotopic (exact) mass is 452 g/mol. The average Bonchev–Trinajstić information content (AvgIpc) is 2.79. The summed E-state index contributed by atoms with van der Waals surface area (Å²) in [6, 6.07) is 8.80. The predicted octanol–water partition coefficient (Wildman–Crippen LogP) is 5.32. The molecule has 1 aromatic carbocycles. The first kappa shape index (κ1) is 26.3. The van der Waals surface area contributed by atoms with E-state index in [1.54, 1.807) is 35.6 Å². The van der Waals surface area contributed by atoms with Gasteiger partial charge in [-0.15, -0.1) is 0 Å². The Morgan fingerprint density at radius 2 is 1.48 bits per heavy atom. The minimum absolute atomic E-state index is 0.0689. The molecule has 0 spiro atoms. The minimum atomic E-state index is -3.41. The van der Waals surface area contributed by atoms with E-state index < -0.39 is 10.0 Å². The van der Waals surface area contributed by atoms with Crippen LogP contribution in [0.25, 0.3) is 0 Å². The van der Waals surface area contributed by atoms with Crippen molar-refractivity contribution in [3.8, 4) is 0 Å². The van der Waals surface area contributed by atoms with E-state index in [0.717, 1.165) is 38.7 Å². The molecule has 0 saturated heterocycles. The zero-order valence-corrected chi connectivity index (χ0v) is 20.8. The fourth-order valence-electron chi connectivity index (χ4n) is 4.36. The Kier molecular flexibility index (Phi) is 12.1. The predicted molar refractivity (Wildman–Crippen MR) is 129 cm³/mol. The highest BCUT2D eigenvalue weighted by Crippen LogP contribution is 2.28. The third-order valence-electron chi connectivity index (χ3n) is 6.51. The van der Waals surface area contributed by atoms with Crippen LogP contribution in [0, 0.1) is 0 Å². The molecule has 0 bridgehead atoms. The van der Waals surface area contributed by atoms with Gasteiger partial charge in [-0.05, 0) is 77.2 Å². The molecule has 1 aromatic rings. The molecule has 0 atom stereocenters. The molecule has 0 heterocycles. The Balaban J connectivity index is 1.55. The molecule has 0 aromatic heterocycles. The molecule has 1 aliphatic carbocycles. The van der Waals surface area contributed by atoms with Gasteiger partial charge in [0.05, 0.1) is 11.0 Å². The van der Waals surface area contributed by atoms with Crippen molar-refractivity contribution < 1.29 is 13.2 Å². The van der Waals surface area contributed by atoms with Crippen molar-refractivity contribution in [1.29, 1.82) is 0 Å². The van der Waals surface area contributed by atoms with Gasteiger partial charge in [0.15, 0.2) is 0 Å². The second-order valence-corrected chi connectivity index (χ2v) is 11.1. The first-order chi connectivity index (χ1) is 14.9. The van der Waals surface area contributed by atoms with E-state index in [1.165, 1.54) is 51.6 Å². The highest BCUT2D eigenvalue weighted by atomic mass is 32.2. The van der Waals surface area contributed by atoms with Gasteiger partial charge in [-0.25, -0.2) is 8.42 Å². The molecule has 6 heteroatoms. The van der Waals surface area contributed by atoms with Gasteiger partial charge >= 0.3 is 0 Å². The fraction of sp³-hybridized carbons (Fsp3) is 0.760. The summed E-state index contributed by atoms with van der Waals surface area (Å²) in [6.07, 6.45) is 12.8. The molecule has 0 aliphatic heterocycles. The summed E-state index contributed by atoms with van der Waals surface area (Å²) in [4.78, 5) is 2.84. The lowest BCUT2D eigenvalue weighted by Crippen LogP contribution is -2.40. The molecule has 0 N–H and O–H groups in total. The van der Waals surface area contributed by atoms with Crippen molar-refractivity contribution in [2.24, 2.45) is 0 Å². The van der Waals surface area contributed by atoms with E-state index in [4.69, 9.17) is 4.74 Å². The molecule has 178 valence electrons. The summed E-state index contributed by atoms with van der Waals surface area (Å²) in [5, 5.41) is 0. The van der Waals surface area contributed by atoms with E-state index in [9.17, 15) is 8.42 Å². The smallest absolute Gasteiger partial charge is 0.243 e. The average molecular weight is 453 g/mol. The minimum Gasteiger partial charge on any atom is -0.378 e. The number of unbranched alkanes of at least 4 members (excludes halogenated alkanes) is 5. The van der Waals surface area contributed by atoms with Crippen molar-refractivity contribution in [3.63, 3.8) is 0 Å². The van der Waals surface area contributed by atoms with Crippen LogP contribution in [0.2, 0.25) is 0 Å². The number of ether oxygens (including phenoxy) is 1. The van der Waals surface area contributed by atoms with Gasteiger partial charge in [0.2, 0.25) is 10.0 Å². The van der Waals surface area contributed by atoms with Crippen LogP contribution < -0.4 is 0 Å². The molecule has 1 saturated carbocycles. The second-order valence-electron chi connectivity index (χ2n) is 9.06. The zero-order chi connectivity index (χ0) is 22.5. The second kappa shape index (κ2) is 14.2. The summed E-state index contributed by atoms with van der Waals surface area (Å²) < 4.78 is 33.3. The van der Waals surface area contributed by atoms with Crippen LogP contribution in [0.3, 0.4) is 0 Å². The first-order valence-corrected chi connectivity index (χ1v) is 13.7. The van der Waals surface area contributed by atoms with Gasteiger partial charge in [-0.3, -0.25) is 0 Å². The lowest BCUT2D eigenvalue weighted by atomic mass is 9.93. The van der Waals surface area contributed by atoms with Crippen LogP contribution in [0.1, 0.15) is 77.6 Å². The Morgan fingerprint density at radius 3 is 2.13 bits per heavy atom. The normalized spacial score (nSPS) is 19.9. The van der Waals surface area contributed by atoms with E-state index in [0.29, 0.717) is 4.90 Å². The van der Waals surface area contributed by atoms with E-state index in [-0.39, 0.29) is 12.1 Å². The lowest BCUT2D eigenvalue weighted by Gasteiger charge is -2.34. The van der Waals surface area contributed by atoms with Gasteiger partial charge in [0.1, 0.15) is 0 Å². The van der Waals surface area contributed by atoms with Gasteiger partial charge in [0, 0.05) is 19.7 Å². The third-order valence-corrected chi connectivity index (χ3v) is 8.43. The van der Waals surface area contributed by atoms with Crippen LogP contribution in [-0.2, 0) is 14.8 Å². The summed E-state index contributed by atoms with van der Waals surface area (Å²) in [5.74, 6) is 0. The molecule has 0 unspecified atom stereocenters. The topological polar surface area (TPSA) is 49.9 Å². The summed E-state index contributed by atoms with van der Waals surface area (Å²) in [7, 11) is 0.542. The van der Waals surface area contributed by atoms with Crippen molar-refractivity contribution in [2.75, 3.05) is 33.8 Å². The Hall–Kier alpha value is -0.950. The molecule has 31 heavy (non-hydrogen) atoms. The van der Waals surface area contributed by atoms with Crippen LogP contribution >= 0.6 is 0 Å². The fourth-order valence-corrected chi connectivity index (χ4v) is 5.80. The molecule has 5 nitrogen and oxygen atoms in total. The maximum absolute atomic E-state index is 12.8. The number of sulfonamides is 1. The molecular formula is C25H44N2O3S. The quantitative estimate of drug-likeness (QED) is 0.338. The van der Waals surface area contributed by atoms with Crippen LogP contribution in [0.4, 0.5) is 0 Å². The van der Waals surface area contributed by atoms with Crippen LogP contribution in [-0.4, -0.2) is 63.6 Å². The van der Waals surface area contributed by atoms with Crippen molar-refractivity contribution in [1.82, 2.24) is 9.21 Å². The molecular weight excluding hydrogens is 408 g/mol. The molecule has 2 rings (SSSR count). The zero-order valence-electron chi connectivity index (χ0n) is 20.0. The first-order valence-electron chi connectivity index (χ1n) is 12.3. The van der Waals surface area contributed by atoms with E-state index >= 15 is 0 Å². The Bertz CT molecular complexity index is 688. The summed E-state index contributed by atoms with van der Waals surface area (Å²) >= 11 is 0. The summed E-state index contributed by atoms with van der Waals surface area (Å²) in [5.41, 5.74) is 0. The van der Waals surface area contributed by atoms with E-state index in [1.807, 2.05) is 6.07 Å². The van der Waals surface area contributed by atoms with Crippen LogP contribution in [0.15, 0.2) is 35.2 Å². The SMILES string of the molecule is CCCCCN(C)CCCCCCOC1CCC(N(C)S(=O)(=O)c2ccccc2)CC1. The maximum Gasteiger partial charge on any atom is 0.243 e. The van der Waals surface area contributed by atoms with Gasteiger partial charge in [-0.1, -0.05) is 50.8 Å². The van der Waals surface area contributed by atoms with Crippen LogP contribution in [0.5, 0.6) is 0 Å². The number of rotatable bonds is 15. The summed E-state index contributed by atoms with van der Waals surface area (Å²) in [6.45, 7) is 5.51. The van der Waals surface area contributed by atoms with Crippen molar-refractivity contribution >= 4 is 10.0 Å². The largest absolute Gasteiger partial charge is 0.378 e. The van der Waals surface area contributed by atoms with Crippen molar-refractivity contribution in [2.45, 2.75) is 94.6 Å². The Labute approximate surface area is 191 Å². The lowest BCUT2D eigenvalue weighted by molar-refractivity contribution is 0.0156. The highest BCUT2D eigenvalue weighted by molar-refractivity contribution is 7.89. The number of hydrogen-bond acceptors (Lipinski definition) is 4. The third kappa shape index (κ3) is 9.21.